The van der Waals surface area contributed by atoms with Gasteiger partial charge in [0.05, 0.1) is 12.1 Å². The molecule has 0 aliphatic rings. The van der Waals surface area contributed by atoms with E-state index >= 15 is 0 Å². The number of hydrogen-bond acceptors (Lipinski definition) is 4. The number of amides is 1. The summed E-state index contributed by atoms with van der Waals surface area (Å²) in [6.07, 6.45) is -0.0921. The quantitative estimate of drug-likeness (QED) is 0.481. The average molecular weight is 404 g/mol. The third-order valence-electron chi connectivity index (χ3n) is 3.49. The Labute approximate surface area is 164 Å². The van der Waals surface area contributed by atoms with Crippen LogP contribution < -0.4 is 10.9 Å². The topological polar surface area (TPSA) is 74.8 Å². The second kappa shape index (κ2) is 8.83. The number of anilines is 1. The molecule has 2 aromatic carbocycles. The summed E-state index contributed by atoms with van der Waals surface area (Å²) in [6, 6.07) is 14.3. The summed E-state index contributed by atoms with van der Waals surface area (Å²) in [5.41, 5.74) is 1.33. The number of carbonyl (C=O) groups excluding carboxylic acids is 1. The van der Waals surface area contributed by atoms with Gasteiger partial charge in [-0.3, -0.25) is 9.59 Å². The van der Waals surface area contributed by atoms with Gasteiger partial charge in [-0.2, -0.15) is 0 Å². The van der Waals surface area contributed by atoms with Crippen molar-refractivity contribution >= 4 is 35.0 Å². The predicted molar refractivity (Wildman–Crippen MR) is 105 cm³/mol. The van der Waals surface area contributed by atoms with Crippen LogP contribution in [0.15, 0.2) is 64.5 Å². The molecule has 0 radical (unpaired) electrons. The predicted octanol–water partition coefficient (Wildman–Crippen LogP) is 4.04. The molecule has 0 saturated heterocycles. The summed E-state index contributed by atoms with van der Waals surface area (Å²) in [5.74, 6) is -0.256. The van der Waals surface area contributed by atoms with Crippen LogP contribution in [0.2, 0.25) is 5.02 Å². The van der Waals surface area contributed by atoms with Gasteiger partial charge in [-0.25, -0.2) is 9.37 Å². The van der Waals surface area contributed by atoms with E-state index in [2.05, 4.69) is 15.3 Å². The second-order valence-corrected chi connectivity index (χ2v) is 7.10. The minimum Gasteiger partial charge on any atom is -0.326 e. The lowest BCUT2D eigenvalue weighted by atomic mass is 10.2. The number of hydrogen-bond donors (Lipinski definition) is 2. The maximum atomic E-state index is 13.2. The zero-order valence-electron chi connectivity index (χ0n) is 14.0. The van der Waals surface area contributed by atoms with E-state index in [0.29, 0.717) is 27.3 Å². The summed E-state index contributed by atoms with van der Waals surface area (Å²) in [5, 5.41) is 3.63. The van der Waals surface area contributed by atoms with Crippen LogP contribution >= 0.6 is 23.4 Å². The molecule has 0 spiro atoms. The van der Waals surface area contributed by atoms with Gasteiger partial charge in [0.25, 0.3) is 5.56 Å². The molecule has 138 valence electrons. The third-order valence-corrected chi connectivity index (χ3v) is 4.67. The van der Waals surface area contributed by atoms with Crippen LogP contribution in [0, 0.1) is 5.82 Å². The van der Waals surface area contributed by atoms with Crippen LogP contribution in [0.5, 0.6) is 0 Å². The van der Waals surface area contributed by atoms with Crippen molar-refractivity contribution in [2.24, 2.45) is 0 Å². The van der Waals surface area contributed by atoms with Crippen LogP contribution in [-0.2, 0) is 17.0 Å². The van der Waals surface area contributed by atoms with Crippen LogP contribution in [0.3, 0.4) is 0 Å². The maximum absolute atomic E-state index is 13.2. The SMILES string of the molecule is O=C(Cc1cc(=O)[nH]c(SCc2cccc(Cl)c2)n1)Nc1cccc(F)c1. The molecule has 0 atom stereocenters. The van der Waals surface area contributed by atoms with Crippen molar-refractivity contribution in [2.45, 2.75) is 17.3 Å². The van der Waals surface area contributed by atoms with E-state index in [1.807, 2.05) is 18.2 Å². The van der Waals surface area contributed by atoms with Gasteiger partial charge in [-0.15, -0.1) is 0 Å². The lowest BCUT2D eigenvalue weighted by Crippen LogP contribution is -2.18. The number of carbonyl (C=O) groups is 1. The molecule has 27 heavy (non-hydrogen) atoms. The highest BCUT2D eigenvalue weighted by atomic mass is 35.5. The Morgan fingerprint density at radius 1 is 1.19 bits per heavy atom. The maximum Gasteiger partial charge on any atom is 0.251 e. The number of rotatable bonds is 6. The number of thioether (sulfide) groups is 1. The number of H-pyrrole nitrogens is 1. The molecule has 8 heteroatoms. The molecule has 5 nitrogen and oxygen atoms in total. The Hall–Kier alpha value is -2.64. The van der Waals surface area contributed by atoms with Crippen LogP contribution in [0.1, 0.15) is 11.3 Å². The molecule has 1 heterocycles. The van der Waals surface area contributed by atoms with Crippen molar-refractivity contribution in [1.29, 1.82) is 0 Å². The number of aromatic nitrogens is 2. The van der Waals surface area contributed by atoms with Crippen molar-refractivity contribution in [3.05, 3.63) is 87.0 Å². The Morgan fingerprint density at radius 2 is 2.00 bits per heavy atom. The fraction of sp³-hybridized carbons (Fsp3) is 0.105. The van der Waals surface area contributed by atoms with E-state index in [4.69, 9.17) is 11.6 Å². The third kappa shape index (κ3) is 5.94. The number of nitrogens with zero attached hydrogens (tertiary/aromatic N) is 1. The van der Waals surface area contributed by atoms with E-state index in [1.165, 1.54) is 36.0 Å². The van der Waals surface area contributed by atoms with Crippen LogP contribution in [0.4, 0.5) is 10.1 Å². The molecule has 0 aliphatic heterocycles. The first kappa shape index (κ1) is 19.1. The van der Waals surface area contributed by atoms with Gasteiger partial charge >= 0.3 is 0 Å². The highest BCUT2D eigenvalue weighted by Crippen LogP contribution is 2.20. The molecule has 3 rings (SSSR count). The molecule has 0 unspecified atom stereocenters. The first-order valence-corrected chi connectivity index (χ1v) is 9.37. The summed E-state index contributed by atoms with van der Waals surface area (Å²) < 4.78 is 13.2. The summed E-state index contributed by atoms with van der Waals surface area (Å²) in [4.78, 5) is 30.9. The summed E-state index contributed by atoms with van der Waals surface area (Å²) >= 11 is 7.30. The van der Waals surface area contributed by atoms with Gasteiger partial charge in [-0.1, -0.05) is 41.6 Å². The van der Waals surface area contributed by atoms with Crippen molar-refractivity contribution in [1.82, 2.24) is 9.97 Å². The minimum atomic E-state index is -0.443. The Morgan fingerprint density at radius 3 is 2.78 bits per heavy atom. The minimum absolute atomic E-state index is 0.0921. The second-order valence-electron chi connectivity index (χ2n) is 5.70. The molecular formula is C19H15ClFN3O2S. The van der Waals surface area contributed by atoms with Gasteiger partial charge < -0.3 is 10.3 Å². The first-order valence-electron chi connectivity index (χ1n) is 8.01. The monoisotopic (exact) mass is 403 g/mol. The average Bonchev–Trinajstić information content (AvgIpc) is 2.59. The Balaban J connectivity index is 1.65. The lowest BCUT2D eigenvalue weighted by molar-refractivity contribution is -0.115. The number of aromatic amines is 1. The van der Waals surface area contributed by atoms with E-state index in [1.54, 1.807) is 12.1 Å². The molecule has 2 N–H and O–H groups in total. The Bertz CT molecular complexity index is 1030. The smallest absolute Gasteiger partial charge is 0.251 e. The van der Waals surface area contributed by atoms with Crippen LogP contribution in [-0.4, -0.2) is 15.9 Å². The van der Waals surface area contributed by atoms with Crippen LogP contribution in [0.25, 0.3) is 0 Å². The first-order chi connectivity index (χ1) is 13.0. The van der Waals surface area contributed by atoms with Crippen molar-refractivity contribution in [3.8, 4) is 0 Å². The number of halogens is 2. The largest absolute Gasteiger partial charge is 0.326 e. The molecule has 1 amide bonds. The summed E-state index contributed by atoms with van der Waals surface area (Å²) in [6.45, 7) is 0. The molecule has 3 aromatic rings. The van der Waals surface area contributed by atoms with E-state index in [0.717, 1.165) is 5.56 Å². The van der Waals surface area contributed by atoms with Crippen molar-refractivity contribution in [2.75, 3.05) is 5.32 Å². The molecular weight excluding hydrogens is 389 g/mol. The summed E-state index contributed by atoms with van der Waals surface area (Å²) in [7, 11) is 0. The zero-order chi connectivity index (χ0) is 19.2. The molecule has 0 fully saturated rings. The standard InChI is InChI=1S/C19H15ClFN3O2S/c20-13-4-1-3-12(7-13)11-27-19-23-16(10-18(26)24-19)9-17(25)22-15-6-2-5-14(21)8-15/h1-8,10H,9,11H2,(H,22,25)(H,23,24,26). The Kier molecular flexibility index (Phi) is 6.26. The number of nitrogens with one attached hydrogen (secondary N) is 2. The van der Waals surface area contributed by atoms with E-state index < -0.39 is 5.82 Å². The van der Waals surface area contributed by atoms with Gasteiger partial charge in [-0.05, 0) is 35.9 Å². The molecule has 0 aliphatic carbocycles. The van der Waals surface area contributed by atoms with Gasteiger partial charge in [0.1, 0.15) is 5.82 Å². The highest BCUT2D eigenvalue weighted by molar-refractivity contribution is 7.98. The zero-order valence-corrected chi connectivity index (χ0v) is 15.6. The van der Waals surface area contributed by atoms with E-state index in [-0.39, 0.29) is 17.9 Å². The fourth-order valence-electron chi connectivity index (χ4n) is 2.36. The van der Waals surface area contributed by atoms with Gasteiger partial charge in [0.15, 0.2) is 5.16 Å². The molecule has 1 aromatic heterocycles. The van der Waals surface area contributed by atoms with E-state index in [9.17, 15) is 14.0 Å². The van der Waals surface area contributed by atoms with Gasteiger partial charge in [0, 0.05) is 22.5 Å². The highest BCUT2D eigenvalue weighted by Gasteiger charge is 2.09. The lowest BCUT2D eigenvalue weighted by Gasteiger charge is -2.06. The molecule has 0 saturated carbocycles. The van der Waals surface area contributed by atoms with Gasteiger partial charge in [0.2, 0.25) is 5.91 Å². The van der Waals surface area contributed by atoms with Crippen molar-refractivity contribution < 1.29 is 9.18 Å². The normalized spacial score (nSPS) is 10.6. The molecule has 0 bridgehead atoms. The number of benzene rings is 2. The van der Waals surface area contributed by atoms with Crippen molar-refractivity contribution in [3.63, 3.8) is 0 Å². The fourth-order valence-corrected chi connectivity index (χ4v) is 3.41.